The summed E-state index contributed by atoms with van der Waals surface area (Å²) in [5, 5.41) is 5.83. The molecule has 0 bridgehead atoms. The molecule has 2 atom stereocenters. The van der Waals surface area contributed by atoms with E-state index in [2.05, 4.69) is 15.4 Å². The van der Waals surface area contributed by atoms with Crippen molar-refractivity contribution in [3.05, 3.63) is 0 Å². The molecule has 0 saturated carbocycles. The van der Waals surface area contributed by atoms with E-state index in [-0.39, 0.29) is 24.0 Å². The zero-order chi connectivity index (χ0) is 10.6. The molecular weight excluding hydrogens is 184 g/mol. The van der Waals surface area contributed by atoms with Gasteiger partial charge in [-0.05, 0) is 6.42 Å². The molecule has 1 aliphatic heterocycles. The van der Waals surface area contributed by atoms with E-state index >= 15 is 0 Å². The fraction of sp³-hybridized carbons (Fsp3) is 0.778. The van der Waals surface area contributed by atoms with Crippen molar-refractivity contribution < 1.29 is 14.3 Å². The summed E-state index contributed by atoms with van der Waals surface area (Å²) in [5.74, 6) is -0.249. The molecule has 1 amide bonds. The van der Waals surface area contributed by atoms with Crippen LogP contribution in [0.4, 0.5) is 0 Å². The van der Waals surface area contributed by atoms with Gasteiger partial charge < -0.3 is 15.4 Å². The Labute approximate surface area is 83.2 Å². The van der Waals surface area contributed by atoms with E-state index in [1.807, 2.05) is 0 Å². The number of nitrogens with one attached hydrogen (secondary N) is 2. The third-order valence-electron chi connectivity index (χ3n) is 2.30. The molecule has 1 fully saturated rings. The summed E-state index contributed by atoms with van der Waals surface area (Å²) in [6.45, 7) is 2.43. The minimum atomic E-state index is -0.276. The first-order valence-electron chi connectivity index (χ1n) is 4.78. The van der Waals surface area contributed by atoms with E-state index < -0.39 is 0 Å². The van der Waals surface area contributed by atoms with Crippen LogP contribution >= 0.6 is 0 Å². The van der Waals surface area contributed by atoms with Crippen LogP contribution in [0.2, 0.25) is 0 Å². The van der Waals surface area contributed by atoms with Crippen LogP contribution in [0, 0.1) is 0 Å². The number of carbonyl (C=O) groups is 2. The van der Waals surface area contributed by atoms with Crippen LogP contribution in [0.15, 0.2) is 0 Å². The lowest BCUT2D eigenvalue weighted by Crippen LogP contribution is -2.35. The zero-order valence-electron chi connectivity index (χ0n) is 8.50. The van der Waals surface area contributed by atoms with Crippen LogP contribution in [0.25, 0.3) is 0 Å². The average molecular weight is 200 g/mol. The highest BCUT2D eigenvalue weighted by Crippen LogP contribution is 2.07. The minimum absolute atomic E-state index is 0.0160. The van der Waals surface area contributed by atoms with E-state index in [1.54, 1.807) is 6.92 Å². The minimum Gasteiger partial charge on any atom is -0.468 e. The second kappa shape index (κ2) is 4.95. The molecule has 2 N–H and O–H groups in total. The molecule has 14 heavy (non-hydrogen) atoms. The van der Waals surface area contributed by atoms with Gasteiger partial charge in [-0.25, -0.2) is 0 Å². The first kappa shape index (κ1) is 11.0. The summed E-state index contributed by atoms with van der Waals surface area (Å²) in [6.07, 6.45) is 1.08. The predicted octanol–water partition coefficient (Wildman–Crippen LogP) is -0.584. The van der Waals surface area contributed by atoms with Gasteiger partial charge in [0.2, 0.25) is 5.91 Å². The van der Waals surface area contributed by atoms with Gasteiger partial charge in [0.1, 0.15) is 6.04 Å². The van der Waals surface area contributed by atoms with Gasteiger partial charge in [-0.2, -0.15) is 0 Å². The van der Waals surface area contributed by atoms with Crippen molar-refractivity contribution in [1.29, 1.82) is 0 Å². The maximum atomic E-state index is 11.1. The van der Waals surface area contributed by atoms with E-state index in [4.69, 9.17) is 0 Å². The van der Waals surface area contributed by atoms with Gasteiger partial charge in [-0.1, -0.05) is 6.92 Å². The van der Waals surface area contributed by atoms with Crippen molar-refractivity contribution in [2.45, 2.75) is 31.8 Å². The topological polar surface area (TPSA) is 67.4 Å². The van der Waals surface area contributed by atoms with Gasteiger partial charge in [0, 0.05) is 19.0 Å². The largest absolute Gasteiger partial charge is 0.468 e. The lowest BCUT2D eigenvalue weighted by molar-refractivity contribution is -0.142. The molecule has 0 aromatic rings. The van der Waals surface area contributed by atoms with Crippen LogP contribution < -0.4 is 10.6 Å². The van der Waals surface area contributed by atoms with Crippen molar-refractivity contribution in [2.75, 3.05) is 13.7 Å². The fourth-order valence-electron chi connectivity index (χ4n) is 1.50. The number of hydrogen-bond donors (Lipinski definition) is 2. The third-order valence-corrected chi connectivity index (χ3v) is 2.30. The predicted molar refractivity (Wildman–Crippen MR) is 50.6 cm³/mol. The molecule has 80 valence electrons. The lowest BCUT2D eigenvalue weighted by Gasteiger charge is -2.10. The number of carbonyl (C=O) groups excluding carboxylic acids is 2. The second-order valence-corrected chi connectivity index (χ2v) is 3.34. The standard InChI is InChI=1S/C9H16N2O3/c1-3-8(12)11-6-4-7(10-5-6)9(13)14-2/h6-7,10H,3-5H2,1-2H3,(H,11,12)/t6-,7+/m1/s1. The number of hydrogen-bond acceptors (Lipinski definition) is 4. The maximum Gasteiger partial charge on any atom is 0.322 e. The van der Waals surface area contributed by atoms with Crippen LogP contribution in [0.1, 0.15) is 19.8 Å². The van der Waals surface area contributed by atoms with Crippen molar-refractivity contribution >= 4 is 11.9 Å². The Balaban J connectivity index is 2.34. The molecule has 0 aromatic carbocycles. The van der Waals surface area contributed by atoms with Crippen molar-refractivity contribution in [3.8, 4) is 0 Å². The Kier molecular flexibility index (Phi) is 3.88. The molecule has 1 rings (SSSR count). The van der Waals surface area contributed by atoms with E-state index in [0.717, 1.165) is 0 Å². The van der Waals surface area contributed by atoms with Crippen LogP contribution in [0.3, 0.4) is 0 Å². The average Bonchev–Trinajstić information content (AvgIpc) is 2.65. The Morgan fingerprint density at radius 3 is 2.86 bits per heavy atom. The Hall–Kier alpha value is -1.10. The number of rotatable bonds is 3. The quantitative estimate of drug-likeness (QED) is 0.598. The number of amides is 1. The highest BCUT2D eigenvalue weighted by Gasteiger charge is 2.30. The smallest absolute Gasteiger partial charge is 0.322 e. The SMILES string of the molecule is CCC(=O)N[C@H]1CN[C@H](C(=O)OC)C1. The molecule has 5 heteroatoms. The van der Waals surface area contributed by atoms with E-state index in [0.29, 0.717) is 19.4 Å². The maximum absolute atomic E-state index is 11.1. The summed E-state index contributed by atoms with van der Waals surface area (Å²) >= 11 is 0. The van der Waals surface area contributed by atoms with Gasteiger partial charge in [-0.15, -0.1) is 0 Å². The van der Waals surface area contributed by atoms with Gasteiger partial charge >= 0.3 is 5.97 Å². The molecule has 0 spiro atoms. The highest BCUT2D eigenvalue weighted by molar-refractivity contribution is 5.78. The van der Waals surface area contributed by atoms with Crippen molar-refractivity contribution in [3.63, 3.8) is 0 Å². The first-order valence-corrected chi connectivity index (χ1v) is 4.78. The fourth-order valence-corrected chi connectivity index (χ4v) is 1.50. The summed E-state index contributed by atoms with van der Waals surface area (Å²) in [5.41, 5.74) is 0. The summed E-state index contributed by atoms with van der Waals surface area (Å²) in [7, 11) is 1.36. The molecule has 0 radical (unpaired) electrons. The molecule has 1 aliphatic rings. The molecule has 1 heterocycles. The Morgan fingerprint density at radius 1 is 1.57 bits per heavy atom. The van der Waals surface area contributed by atoms with Crippen molar-refractivity contribution in [2.24, 2.45) is 0 Å². The summed E-state index contributed by atoms with van der Waals surface area (Å²) in [4.78, 5) is 22.2. The number of ether oxygens (including phenoxy) is 1. The number of esters is 1. The Morgan fingerprint density at radius 2 is 2.29 bits per heavy atom. The summed E-state index contributed by atoms with van der Waals surface area (Å²) in [6, 6.07) is -0.228. The third kappa shape index (κ3) is 2.70. The molecule has 0 unspecified atom stereocenters. The van der Waals surface area contributed by atoms with Gasteiger partial charge in [0.15, 0.2) is 0 Å². The normalized spacial score (nSPS) is 25.9. The van der Waals surface area contributed by atoms with Crippen LogP contribution in [-0.2, 0) is 14.3 Å². The van der Waals surface area contributed by atoms with Crippen LogP contribution in [0.5, 0.6) is 0 Å². The summed E-state index contributed by atoms with van der Waals surface area (Å²) < 4.78 is 4.60. The molecule has 5 nitrogen and oxygen atoms in total. The number of methoxy groups -OCH3 is 1. The lowest BCUT2D eigenvalue weighted by atomic mass is 10.1. The second-order valence-electron chi connectivity index (χ2n) is 3.34. The zero-order valence-corrected chi connectivity index (χ0v) is 8.50. The van der Waals surface area contributed by atoms with Crippen molar-refractivity contribution in [1.82, 2.24) is 10.6 Å². The van der Waals surface area contributed by atoms with Crippen LogP contribution in [-0.4, -0.2) is 37.6 Å². The van der Waals surface area contributed by atoms with Gasteiger partial charge in [-0.3, -0.25) is 9.59 Å². The van der Waals surface area contributed by atoms with E-state index in [1.165, 1.54) is 7.11 Å². The molecule has 1 saturated heterocycles. The highest BCUT2D eigenvalue weighted by atomic mass is 16.5. The molecular formula is C9H16N2O3. The molecule has 0 aliphatic carbocycles. The Bertz CT molecular complexity index is 230. The monoisotopic (exact) mass is 200 g/mol. The first-order chi connectivity index (χ1) is 6.67. The molecule has 0 aromatic heterocycles. The van der Waals surface area contributed by atoms with Gasteiger partial charge in [0.25, 0.3) is 0 Å². The van der Waals surface area contributed by atoms with Gasteiger partial charge in [0.05, 0.1) is 7.11 Å². The van der Waals surface area contributed by atoms with E-state index in [9.17, 15) is 9.59 Å².